The Hall–Kier alpha value is -2.54. The van der Waals surface area contributed by atoms with E-state index < -0.39 is 5.54 Å². The van der Waals surface area contributed by atoms with Crippen LogP contribution in [0.5, 0.6) is 0 Å². The number of benzene rings is 2. The predicted molar refractivity (Wildman–Crippen MR) is 103 cm³/mol. The van der Waals surface area contributed by atoms with Gasteiger partial charge in [0, 0.05) is 19.0 Å². The van der Waals surface area contributed by atoms with Crippen LogP contribution in [0.25, 0.3) is 33.1 Å². The van der Waals surface area contributed by atoms with E-state index in [4.69, 9.17) is 9.97 Å². The fraction of sp³-hybridized carbons (Fsp3) is 0.300. The van der Waals surface area contributed by atoms with Crippen molar-refractivity contribution < 1.29 is 10.2 Å². The number of fused-ring (bicyclic) bond motifs is 4. The maximum atomic E-state index is 9.49. The quantitative estimate of drug-likeness (QED) is 0.513. The topological polar surface area (TPSA) is 83.2 Å². The zero-order valence-corrected chi connectivity index (χ0v) is 14.9. The molecule has 2 heterocycles. The van der Waals surface area contributed by atoms with Gasteiger partial charge in [0.2, 0.25) is 0 Å². The summed E-state index contributed by atoms with van der Waals surface area (Å²) in [4.78, 5) is 9.76. The molecule has 0 radical (unpaired) electrons. The molecule has 2 aromatic carbocycles. The molecule has 0 saturated heterocycles. The summed E-state index contributed by atoms with van der Waals surface area (Å²) >= 11 is 0. The van der Waals surface area contributed by atoms with Crippen LogP contribution in [-0.4, -0.2) is 43.5 Å². The normalized spacial score (nSPS) is 12.5. The first-order valence-electron chi connectivity index (χ1n) is 8.66. The third-order valence-electron chi connectivity index (χ3n) is 5.00. The average molecular weight is 350 g/mol. The molecule has 0 atom stereocenters. The standard InChI is InChI=1S/C20H22N4O2/c1-20(11-25,12-26)21-10-13-6-5-8-15-17(13)23-18-14-7-3-4-9-16(14)24(2)19(18)22-15/h3-9,21,25-26H,10-12H2,1-2H3. The van der Waals surface area contributed by atoms with Crippen molar-refractivity contribution in [1.29, 1.82) is 0 Å². The Morgan fingerprint density at radius 3 is 2.54 bits per heavy atom. The van der Waals surface area contributed by atoms with Crippen molar-refractivity contribution in [2.24, 2.45) is 7.05 Å². The smallest absolute Gasteiger partial charge is 0.160 e. The van der Waals surface area contributed by atoms with E-state index in [0.717, 1.165) is 38.7 Å². The highest BCUT2D eigenvalue weighted by molar-refractivity contribution is 6.06. The number of nitrogens with zero attached hydrogens (tertiary/aromatic N) is 3. The third kappa shape index (κ3) is 2.63. The minimum atomic E-state index is -0.737. The van der Waals surface area contributed by atoms with Crippen LogP contribution in [0.15, 0.2) is 42.5 Å². The lowest BCUT2D eigenvalue weighted by molar-refractivity contribution is 0.103. The van der Waals surface area contributed by atoms with Gasteiger partial charge >= 0.3 is 0 Å². The van der Waals surface area contributed by atoms with E-state index >= 15 is 0 Å². The van der Waals surface area contributed by atoms with Crippen molar-refractivity contribution in [2.45, 2.75) is 19.0 Å². The molecule has 2 aromatic heterocycles. The van der Waals surface area contributed by atoms with Crippen LogP contribution >= 0.6 is 0 Å². The first-order valence-corrected chi connectivity index (χ1v) is 8.66. The highest BCUT2D eigenvalue weighted by Crippen LogP contribution is 2.28. The van der Waals surface area contributed by atoms with Gasteiger partial charge in [-0.2, -0.15) is 0 Å². The van der Waals surface area contributed by atoms with Gasteiger partial charge in [-0.3, -0.25) is 0 Å². The molecule has 0 unspecified atom stereocenters. The Labute approximate surface area is 151 Å². The number of aliphatic hydroxyl groups excluding tert-OH is 2. The Morgan fingerprint density at radius 1 is 1.00 bits per heavy atom. The lowest BCUT2D eigenvalue weighted by Crippen LogP contribution is -2.48. The molecule has 6 nitrogen and oxygen atoms in total. The first kappa shape index (κ1) is 16.9. The van der Waals surface area contributed by atoms with Crippen LogP contribution in [-0.2, 0) is 13.6 Å². The van der Waals surface area contributed by atoms with Gasteiger partial charge in [0.05, 0.1) is 35.3 Å². The van der Waals surface area contributed by atoms with Gasteiger partial charge in [0.1, 0.15) is 5.52 Å². The minimum absolute atomic E-state index is 0.145. The summed E-state index contributed by atoms with van der Waals surface area (Å²) in [6.07, 6.45) is 0. The molecule has 0 bridgehead atoms. The van der Waals surface area contributed by atoms with Crippen molar-refractivity contribution >= 4 is 33.1 Å². The number of nitrogens with one attached hydrogen (secondary N) is 1. The highest BCUT2D eigenvalue weighted by Gasteiger charge is 2.22. The molecule has 4 rings (SSSR count). The molecule has 0 aliphatic heterocycles. The van der Waals surface area contributed by atoms with Crippen molar-refractivity contribution in [2.75, 3.05) is 13.2 Å². The van der Waals surface area contributed by atoms with Gasteiger partial charge in [-0.1, -0.05) is 30.3 Å². The Balaban J connectivity index is 1.87. The number of aliphatic hydroxyl groups is 2. The summed E-state index contributed by atoms with van der Waals surface area (Å²) in [6, 6.07) is 14.1. The monoisotopic (exact) mass is 350 g/mol. The summed E-state index contributed by atoms with van der Waals surface area (Å²) in [7, 11) is 2.00. The fourth-order valence-corrected chi connectivity index (χ4v) is 3.23. The van der Waals surface area contributed by atoms with E-state index in [1.807, 2.05) is 37.4 Å². The maximum Gasteiger partial charge on any atom is 0.160 e. The predicted octanol–water partition coefficient (Wildman–Crippen LogP) is 2.11. The summed E-state index contributed by atoms with van der Waals surface area (Å²) in [6.45, 7) is 1.98. The first-order chi connectivity index (χ1) is 12.6. The van der Waals surface area contributed by atoms with Crippen LogP contribution in [0.4, 0.5) is 0 Å². The molecule has 4 aromatic rings. The number of rotatable bonds is 5. The van der Waals surface area contributed by atoms with E-state index in [2.05, 4.69) is 22.0 Å². The molecule has 0 saturated carbocycles. The van der Waals surface area contributed by atoms with E-state index in [-0.39, 0.29) is 13.2 Å². The zero-order chi connectivity index (χ0) is 18.3. The van der Waals surface area contributed by atoms with Crippen LogP contribution < -0.4 is 5.32 Å². The van der Waals surface area contributed by atoms with Crippen molar-refractivity contribution in [3.05, 3.63) is 48.0 Å². The highest BCUT2D eigenvalue weighted by atomic mass is 16.3. The van der Waals surface area contributed by atoms with Gasteiger partial charge in [-0.05, 0) is 24.6 Å². The molecular weight excluding hydrogens is 328 g/mol. The van der Waals surface area contributed by atoms with Gasteiger partial charge in [-0.25, -0.2) is 9.97 Å². The summed E-state index contributed by atoms with van der Waals surface area (Å²) in [5.74, 6) is 0. The minimum Gasteiger partial charge on any atom is -0.394 e. The molecular formula is C20H22N4O2. The van der Waals surface area contributed by atoms with Gasteiger partial charge < -0.3 is 20.1 Å². The molecule has 0 aliphatic carbocycles. The third-order valence-corrected chi connectivity index (χ3v) is 5.00. The lowest BCUT2D eigenvalue weighted by Gasteiger charge is -2.26. The molecule has 0 fully saturated rings. The number of hydrogen-bond donors (Lipinski definition) is 3. The number of aryl methyl sites for hydroxylation is 1. The summed E-state index contributed by atoms with van der Waals surface area (Å²) in [5.41, 5.74) is 4.76. The molecule has 26 heavy (non-hydrogen) atoms. The largest absolute Gasteiger partial charge is 0.394 e. The van der Waals surface area contributed by atoms with E-state index in [9.17, 15) is 10.2 Å². The molecule has 3 N–H and O–H groups in total. The molecule has 0 amide bonds. The number of para-hydroxylation sites is 2. The van der Waals surface area contributed by atoms with Crippen LogP contribution in [0.1, 0.15) is 12.5 Å². The van der Waals surface area contributed by atoms with Gasteiger partial charge in [0.15, 0.2) is 5.65 Å². The summed E-state index contributed by atoms with van der Waals surface area (Å²) in [5, 5.41) is 23.3. The molecule has 134 valence electrons. The van der Waals surface area contributed by atoms with E-state index in [1.54, 1.807) is 6.92 Å². The van der Waals surface area contributed by atoms with Crippen LogP contribution in [0.2, 0.25) is 0 Å². The molecule has 0 aliphatic rings. The summed E-state index contributed by atoms with van der Waals surface area (Å²) < 4.78 is 2.07. The van der Waals surface area contributed by atoms with Gasteiger partial charge in [-0.15, -0.1) is 0 Å². The molecule has 6 heteroatoms. The lowest BCUT2D eigenvalue weighted by atomic mass is 10.0. The van der Waals surface area contributed by atoms with E-state index in [0.29, 0.717) is 6.54 Å². The zero-order valence-electron chi connectivity index (χ0n) is 14.9. The van der Waals surface area contributed by atoms with Crippen LogP contribution in [0.3, 0.4) is 0 Å². The number of hydrogen-bond acceptors (Lipinski definition) is 5. The second kappa shape index (κ2) is 6.32. The fourth-order valence-electron chi connectivity index (χ4n) is 3.23. The van der Waals surface area contributed by atoms with Crippen LogP contribution in [0, 0.1) is 0 Å². The van der Waals surface area contributed by atoms with Gasteiger partial charge in [0.25, 0.3) is 0 Å². The van der Waals surface area contributed by atoms with Crippen molar-refractivity contribution in [3.8, 4) is 0 Å². The SMILES string of the molecule is Cn1c2ccccc2c2nc3c(CNC(C)(CO)CO)cccc3nc21. The second-order valence-electron chi connectivity index (χ2n) is 6.99. The van der Waals surface area contributed by atoms with Crippen molar-refractivity contribution in [1.82, 2.24) is 19.9 Å². The number of aromatic nitrogens is 3. The average Bonchev–Trinajstić information content (AvgIpc) is 2.96. The van der Waals surface area contributed by atoms with Crippen molar-refractivity contribution in [3.63, 3.8) is 0 Å². The second-order valence-corrected chi connectivity index (χ2v) is 6.99. The maximum absolute atomic E-state index is 9.49. The molecule has 0 spiro atoms. The Morgan fingerprint density at radius 2 is 1.77 bits per heavy atom. The Kier molecular flexibility index (Phi) is 4.11. The Bertz CT molecular complexity index is 1100. The van der Waals surface area contributed by atoms with E-state index in [1.165, 1.54) is 0 Å².